The van der Waals surface area contributed by atoms with Crippen molar-refractivity contribution in [3.05, 3.63) is 41.6 Å². The van der Waals surface area contributed by atoms with Crippen LogP contribution in [0.5, 0.6) is 11.8 Å². The van der Waals surface area contributed by atoms with E-state index in [1.165, 1.54) is 12.1 Å². The highest BCUT2D eigenvalue weighted by Gasteiger charge is 2.59. The molecule has 6 N–H and O–H groups in total. The second-order valence-electron chi connectivity index (χ2n) is 9.25. The number of aromatic hydroxyl groups is 2. The van der Waals surface area contributed by atoms with E-state index in [9.17, 15) is 29.7 Å². The summed E-state index contributed by atoms with van der Waals surface area (Å²) >= 11 is 0. The number of hydrogen-bond donors (Lipinski definition) is 5. The first-order valence-corrected chi connectivity index (χ1v) is 11.0. The first-order valence-electron chi connectivity index (χ1n) is 11.0. The highest BCUT2D eigenvalue weighted by atomic mass is 16.4. The number of H-pyrrole nitrogens is 1. The number of ketones is 1. The molecule has 176 valence electrons. The summed E-state index contributed by atoms with van der Waals surface area (Å²) in [5.74, 6) is -2.80. The van der Waals surface area contributed by atoms with E-state index >= 15 is 0 Å². The van der Waals surface area contributed by atoms with Crippen LogP contribution in [0.1, 0.15) is 41.9 Å². The topological polar surface area (TPSA) is 170 Å². The molecule has 1 saturated heterocycles. The second kappa shape index (κ2) is 7.56. The van der Waals surface area contributed by atoms with Gasteiger partial charge in [-0.1, -0.05) is 18.2 Å². The van der Waals surface area contributed by atoms with Gasteiger partial charge in [0.25, 0.3) is 5.91 Å². The zero-order valence-corrected chi connectivity index (χ0v) is 18.4. The minimum Gasteiger partial charge on any atom is -0.493 e. The fourth-order valence-corrected chi connectivity index (χ4v) is 5.53. The van der Waals surface area contributed by atoms with Crippen LogP contribution in [-0.2, 0) is 9.59 Å². The molecule has 0 radical (unpaired) electrons. The Morgan fingerprint density at radius 1 is 1.26 bits per heavy atom. The molecule has 2 aromatic heterocycles. The molecule has 10 nitrogen and oxygen atoms in total. The number of para-hydroxylation sites is 1. The van der Waals surface area contributed by atoms with Gasteiger partial charge in [0.2, 0.25) is 17.5 Å². The molecular formula is C24H24N4O6. The maximum absolute atomic E-state index is 12.9. The van der Waals surface area contributed by atoms with Crippen molar-refractivity contribution >= 4 is 28.6 Å². The number of carboxylic acid groups (broad SMARTS) is 1. The number of rotatable bonds is 5. The van der Waals surface area contributed by atoms with Crippen molar-refractivity contribution < 1.29 is 29.7 Å². The van der Waals surface area contributed by atoms with Gasteiger partial charge in [-0.3, -0.25) is 9.59 Å². The average Bonchev–Trinajstić information content (AvgIpc) is 3.28. The van der Waals surface area contributed by atoms with Gasteiger partial charge in [-0.2, -0.15) is 4.98 Å². The summed E-state index contributed by atoms with van der Waals surface area (Å²) in [4.78, 5) is 45.8. The summed E-state index contributed by atoms with van der Waals surface area (Å²) in [6.45, 7) is 2.61. The third-order valence-corrected chi connectivity index (χ3v) is 7.19. The van der Waals surface area contributed by atoms with Gasteiger partial charge in [0.1, 0.15) is 5.69 Å². The van der Waals surface area contributed by atoms with Crippen LogP contribution in [0.2, 0.25) is 0 Å². The molecule has 1 aromatic carbocycles. The second-order valence-corrected chi connectivity index (χ2v) is 9.25. The standard InChI is InChI=1S/C24H24N4O6/c1-11(28-10-24(21(31)22(28)32)7-12(8-24)9-25)14-3-2-4-15-18(20(23(33)34)27-19(14)15)13-5-16(29)26-17(30)6-13/h2-6,11-12,27H,7-10,25H2,1H3,(H,33,34)(H2,26,29,30)/t11-,12?,24?/m0/s1. The number of nitrogens with two attached hydrogens (primary N) is 1. The Morgan fingerprint density at radius 2 is 1.94 bits per heavy atom. The number of nitrogens with zero attached hydrogens (tertiary/aromatic N) is 2. The lowest BCUT2D eigenvalue weighted by Crippen LogP contribution is -2.46. The summed E-state index contributed by atoms with van der Waals surface area (Å²) in [6, 6.07) is 7.28. The SMILES string of the molecule is C[C@@H](c1cccc2c(-c3cc(O)nc(O)c3)c(C(=O)O)[nH]c12)N1CC2(CC(CN)C2)C(=O)C1=O. The minimum atomic E-state index is -1.23. The quantitative estimate of drug-likeness (QED) is 0.358. The molecule has 34 heavy (non-hydrogen) atoms. The van der Waals surface area contributed by atoms with Crippen LogP contribution < -0.4 is 5.73 Å². The molecular weight excluding hydrogens is 440 g/mol. The number of carboxylic acids is 1. The van der Waals surface area contributed by atoms with Crippen LogP contribution in [0.3, 0.4) is 0 Å². The summed E-state index contributed by atoms with van der Waals surface area (Å²) in [7, 11) is 0. The van der Waals surface area contributed by atoms with E-state index < -0.39 is 35.1 Å². The molecule has 1 spiro atoms. The maximum atomic E-state index is 12.9. The lowest BCUT2D eigenvalue weighted by molar-refractivity contribution is -0.145. The molecule has 2 fully saturated rings. The van der Waals surface area contributed by atoms with Crippen molar-refractivity contribution in [3.8, 4) is 22.9 Å². The lowest BCUT2D eigenvalue weighted by Gasteiger charge is -2.43. The Morgan fingerprint density at radius 3 is 2.56 bits per heavy atom. The van der Waals surface area contributed by atoms with Gasteiger partial charge in [-0.25, -0.2) is 4.79 Å². The smallest absolute Gasteiger partial charge is 0.352 e. The summed E-state index contributed by atoms with van der Waals surface area (Å²) < 4.78 is 0. The van der Waals surface area contributed by atoms with Crippen molar-refractivity contribution in [2.75, 3.05) is 13.1 Å². The Bertz CT molecular complexity index is 1340. The summed E-state index contributed by atoms with van der Waals surface area (Å²) in [6.07, 6.45) is 1.21. The van der Waals surface area contributed by atoms with E-state index in [1.54, 1.807) is 23.1 Å². The normalized spacial score (nSPS) is 23.0. The maximum Gasteiger partial charge on any atom is 0.352 e. The van der Waals surface area contributed by atoms with Crippen LogP contribution in [0.4, 0.5) is 0 Å². The van der Waals surface area contributed by atoms with E-state index in [0.29, 0.717) is 42.4 Å². The number of amides is 1. The highest BCUT2D eigenvalue weighted by molar-refractivity contribution is 6.40. The van der Waals surface area contributed by atoms with Gasteiger partial charge in [-0.15, -0.1) is 0 Å². The number of fused-ring (bicyclic) bond motifs is 1. The van der Waals surface area contributed by atoms with Crippen molar-refractivity contribution in [2.24, 2.45) is 17.1 Å². The van der Waals surface area contributed by atoms with E-state index in [-0.39, 0.29) is 28.5 Å². The molecule has 3 heterocycles. The van der Waals surface area contributed by atoms with E-state index in [1.807, 2.05) is 6.92 Å². The van der Waals surface area contributed by atoms with E-state index in [0.717, 1.165) is 0 Å². The monoisotopic (exact) mass is 464 g/mol. The minimum absolute atomic E-state index is 0.135. The molecule has 10 heteroatoms. The third-order valence-electron chi connectivity index (χ3n) is 7.19. The molecule has 0 bridgehead atoms. The number of nitrogens with one attached hydrogen (secondary N) is 1. The summed E-state index contributed by atoms with van der Waals surface area (Å²) in [5.41, 5.74) is 6.60. The zero-order valence-electron chi connectivity index (χ0n) is 18.4. The van der Waals surface area contributed by atoms with Crippen molar-refractivity contribution in [1.29, 1.82) is 0 Å². The van der Waals surface area contributed by atoms with Gasteiger partial charge >= 0.3 is 5.97 Å². The predicted octanol–water partition coefficient (Wildman–Crippen LogP) is 2.17. The molecule has 2 aliphatic rings. The molecule has 1 saturated carbocycles. The van der Waals surface area contributed by atoms with Gasteiger partial charge < -0.3 is 30.9 Å². The molecule has 1 aliphatic heterocycles. The fraction of sp³-hybridized carbons (Fsp3) is 0.333. The fourth-order valence-electron chi connectivity index (χ4n) is 5.53. The van der Waals surface area contributed by atoms with Gasteiger partial charge in [0.05, 0.1) is 17.0 Å². The molecule has 1 atom stereocenters. The number of Topliss-reactive ketones (excluding diaryl/α,β-unsaturated/α-hetero) is 1. The first-order chi connectivity index (χ1) is 16.1. The van der Waals surface area contributed by atoms with Crippen molar-refractivity contribution in [3.63, 3.8) is 0 Å². The molecule has 0 unspecified atom stereocenters. The summed E-state index contributed by atoms with van der Waals surface area (Å²) in [5, 5.41) is 30.1. The number of aromatic nitrogens is 2. The molecule has 1 aliphatic carbocycles. The van der Waals surface area contributed by atoms with E-state index in [4.69, 9.17) is 5.73 Å². The largest absolute Gasteiger partial charge is 0.493 e. The Balaban J connectivity index is 1.60. The third kappa shape index (κ3) is 3.13. The van der Waals surface area contributed by atoms with Crippen LogP contribution in [-0.4, -0.2) is 60.9 Å². The Hall–Kier alpha value is -3.92. The number of carbonyl (C=O) groups excluding carboxylic acids is 2. The Kier molecular flexibility index (Phi) is 4.87. The Labute approximate surface area is 194 Å². The number of aromatic amines is 1. The number of carbonyl (C=O) groups is 3. The highest BCUT2D eigenvalue weighted by Crippen LogP contribution is 2.51. The molecule has 1 amide bonds. The van der Waals surface area contributed by atoms with Gasteiger partial charge in [0.15, 0.2) is 0 Å². The number of pyridine rings is 1. The van der Waals surface area contributed by atoms with Crippen LogP contribution in [0, 0.1) is 11.3 Å². The van der Waals surface area contributed by atoms with E-state index in [2.05, 4.69) is 9.97 Å². The van der Waals surface area contributed by atoms with Crippen LogP contribution in [0.15, 0.2) is 30.3 Å². The molecule has 3 aromatic rings. The van der Waals surface area contributed by atoms with Crippen molar-refractivity contribution in [2.45, 2.75) is 25.8 Å². The van der Waals surface area contributed by atoms with Crippen LogP contribution in [0.25, 0.3) is 22.0 Å². The number of aromatic carboxylic acids is 1. The number of hydrogen-bond acceptors (Lipinski definition) is 7. The van der Waals surface area contributed by atoms with Crippen LogP contribution >= 0.6 is 0 Å². The average molecular weight is 464 g/mol. The molecule has 5 rings (SSSR count). The van der Waals surface area contributed by atoms with Gasteiger partial charge in [-0.05, 0) is 43.4 Å². The first kappa shape index (κ1) is 21.9. The number of likely N-dealkylation sites (tertiary alicyclic amines) is 1. The van der Waals surface area contributed by atoms with Crippen molar-refractivity contribution in [1.82, 2.24) is 14.9 Å². The predicted molar refractivity (Wildman–Crippen MR) is 121 cm³/mol. The van der Waals surface area contributed by atoms with Gasteiger partial charge in [0, 0.05) is 29.6 Å². The lowest BCUT2D eigenvalue weighted by atomic mass is 9.61. The zero-order chi connectivity index (χ0) is 24.4. The number of benzene rings is 1.